The quantitative estimate of drug-likeness (QED) is 0.844. The molecule has 2 aromatic rings. The van der Waals surface area contributed by atoms with Crippen molar-refractivity contribution in [2.45, 2.75) is 38.9 Å². The fourth-order valence-electron chi connectivity index (χ4n) is 2.80. The van der Waals surface area contributed by atoms with Gasteiger partial charge in [-0.2, -0.15) is 5.10 Å². The van der Waals surface area contributed by atoms with Crippen LogP contribution in [0.5, 0.6) is 0 Å². The molecular weight excluding hydrogens is 317 g/mol. The molecule has 1 aliphatic rings. The number of aromatic nitrogens is 2. The summed E-state index contributed by atoms with van der Waals surface area (Å²) < 4.78 is 14.7. The van der Waals surface area contributed by atoms with Gasteiger partial charge >= 0.3 is 0 Å². The van der Waals surface area contributed by atoms with Crippen LogP contribution in [0.15, 0.2) is 24.3 Å². The van der Waals surface area contributed by atoms with Gasteiger partial charge < -0.3 is 5.11 Å². The molecule has 1 saturated carbocycles. The van der Waals surface area contributed by atoms with Crippen LogP contribution in [0.4, 0.5) is 4.39 Å². The van der Waals surface area contributed by atoms with E-state index >= 15 is 0 Å². The van der Waals surface area contributed by atoms with Crippen LogP contribution in [0.3, 0.4) is 0 Å². The van der Waals surface area contributed by atoms with E-state index in [1.807, 2.05) is 6.92 Å². The number of aliphatic hydroxyl groups excluding tert-OH is 1. The normalized spacial score (nSPS) is 14.7. The maximum atomic E-state index is 13.0. The molecule has 6 heteroatoms. The lowest BCUT2D eigenvalue weighted by Gasteiger charge is -2.20. The van der Waals surface area contributed by atoms with E-state index in [9.17, 15) is 9.50 Å². The highest BCUT2D eigenvalue weighted by Gasteiger charge is 2.30. The lowest BCUT2D eigenvalue weighted by atomic mass is 10.2. The van der Waals surface area contributed by atoms with E-state index in [0.29, 0.717) is 30.8 Å². The van der Waals surface area contributed by atoms with Gasteiger partial charge in [0.05, 0.1) is 18.8 Å². The Hall–Kier alpha value is -1.43. The summed E-state index contributed by atoms with van der Waals surface area (Å²) >= 11 is 6.52. The largest absolute Gasteiger partial charge is 0.395 e. The molecule has 4 nitrogen and oxygen atoms in total. The van der Waals surface area contributed by atoms with Crippen molar-refractivity contribution in [3.63, 3.8) is 0 Å². The van der Waals surface area contributed by atoms with Crippen molar-refractivity contribution in [2.75, 3.05) is 13.2 Å². The zero-order chi connectivity index (χ0) is 16.4. The van der Waals surface area contributed by atoms with E-state index in [1.165, 1.54) is 25.0 Å². The summed E-state index contributed by atoms with van der Waals surface area (Å²) in [5.41, 5.74) is 2.87. The highest BCUT2D eigenvalue weighted by molar-refractivity contribution is 6.30. The van der Waals surface area contributed by atoms with Crippen LogP contribution in [0.25, 0.3) is 0 Å². The van der Waals surface area contributed by atoms with Gasteiger partial charge in [0.15, 0.2) is 0 Å². The van der Waals surface area contributed by atoms with E-state index in [4.69, 9.17) is 11.6 Å². The summed E-state index contributed by atoms with van der Waals surface area (Å²) in [4.78, 5) is 2.26. The standard InChI is InChI=1S/C17H21ClFN3O/c1-12-16(11-21(8-9-23)15-6-7-15)17(18)22(20-12)10-13-2-4-14(19)5-3-13/h2-5,15,23H,6-11H2,1H3. The molecule has 1 fully saturated rings. The second-order valence-corrected chi connectivity index (χ2v) is 6.42. The number of hydrogen-bond donors (Lipinski definition) is 1. The Morgan fingerprint density at radius 1 is 1.35 bits per heavy atom. The zero-order valence-electron chi connectivity index (χ0n) is 13.2. The first kappa shape index (κ1) is 16.4. The van der Waals surface area contributed by atoms with Crippen molar-refractivity contribution >= 4 is 11.6 Å². The number of hydrogen-bond acceptors (Lipinski definition) is 3. The average Bonchev–Trinajstić information content (AvgIpc) is 3.33. The van der Waals surface area contributed by atoms with Crippen LogP contribution < -0.4 is 0 Å². The Morgan fingerprint density at radius 3 is 2.65 bits per heavy atom. The van der Waals surface area contributed by atoms with Crippen molar-refractivity contribution in [3.05, 3.63) is 52.1 Å². The van der Waals surface area contributed by atoms with Gasteiger partial charge in [0.2, 0.25) is 0 Å². The number of aliphatic hydroxyl groups is 1. The molecule has 23 heavy (non-hydrogen) atoms. The monoisotopic (exact) mass is 337 g/mol. The Morgan fingerprint density at radius 2 is 2.04 bits per heavy atom. The van der Waals surface area contributed by atoms with Gasteiger partial charge in [-0.3, -0.25) is 4.90 Å². The van der Waals surface area contributed by atoms with Crippen LogP contribution in [0.2, 0.25) is 5.15 Å². The number of aryl methyl sites for hydroxylation is 1. The Labute approximate surface area is 140 Å². The van der Waals surface area contributed by atoms with Crippen LogP contribution >= 0.6 is 11.6 Å². The number of rotatable bonds is 7. The second kappa shape index (κ2) is 6.99. The summed E-state index contributed by atoms with van der Waals surface area (Å²) in [6.07, 6.45) is 2.36. The first-order valence-corrected chi connectivity index (χ1v) is 8.27. The zero-order valence-corrected chi connectivity index (χ0v) is 13.9. The van der Waals surface area contributed by atoms with Gasteiger partial charge in [-0.25, -0.2) is 9.07 Å². The molecule has 0 unspecified atom stereocenters. The molecule has 1 heterocycles. The average molecular weight is 338 g/mol. The van der Waals surface area contributed by atoms with Crippen molar-refractivity contribution in [1.82, 2.24) is 14.7 Å². The molecule has 0 saturated heterocycles. The van der Waals surface area contributed by atoms with E-state index in [2.05, 4.69) is 10.00 Å². The van der Waals surface area contributed by atoms with Crippen molar-refractivity contribution in [2.24, 2.45) is 0 Å². The highest BCUT2D eigenvalue weighted by Crippen LogP contribution is 2.30. The molecule has 3 rings (SSSR count). The molecule has 0 aliphatic heterocycles. The molecular formula is C17H21ClFN3O. The molecule has 0 amide bonds. The third kappa shape index (κ3) is 3.91. The van der Waals surface area contributed by atoms with Gasteiger partial charge in [-0.15, -0.1) is 0 Å². The molecule has 1 aromatic carbocycles. The van der Waals surface area contributed by atoms with Gasteiger partial charge in [0.25, 0.3) is 0 Å². The lowest BCUT2D eigenvalue weighted by Crippen LogP contribution is -2.28. The van der Waals surface area contributed by atoms with E-state index in [1.54, 1.807) is 16.8 Å². The number of nitrogens with zero attached hydrogens (tertiary/aromatic N) is 3. The minimum Gasteiger partial charge on any atom is -0.395 e. The summed E-state index contributed by atoms with van der Waals surface area (Å²) in [7, 11) is 0. The lowest BCUT2D eigenvalue weighted by molar-refractivity contribution is 0.183. The maximum Gasteiger partial charge on any atom is 0.132 e. The molecule has 0 bridgehead atoms. The first-order valence-electron chi connectivity index (χ1n) is 7.89. The number of halogens is 2. The fraction of sp³-hybridized carbons (Fsp3) is 0.471. The molecule has 1 aromatic heterocycles. The summed E-state index contributed by atoms with van der Waals surface area (Å²) in [5.74, 6) is -0.249. The second-order valence-electron chi connectivity index (χ2n) is 6.06. The van der Waals surface area contributed by atoms with Crippen LogP contribution in [0.1, 0.15) is 29.7 Å². The van der Waals surface area contributed by atoms with Gasteiger partial charge in [-0.1, -0.05) is 23.7 Å². The molecule has 1 aliphatic carbocycles. The molecule has 1 N–H and O–H groups in total. The maximum absolute atomic E-state index is 13.0. The van der Waals surface area contributed by atoms with E-state index < -0.39 is 0 Å². The van der Waals surface area contributed by atoms with Gasteiger partial charge in [-0.05, 0) is 37.5 Å². The van der Waals surface area contributed by atoms with Crippen LogP contribution in [-0.4, -0.2) is 39.0 Å². The summed E-state index contributed by atoms with van der Waals surface area (Å²) in [6, 6.07) is 6.92. The molecule has 0 atom stereocenters. The Kier molecular flexibility index (Phi) is 4.99. The molecule has 0 spiro atoms. The van der Waals surface area contributed by atoms with Gasteiger partial charge in [0, 0.05) is 24.7 Å². The molecule has 124 valence electrons. The third-order valence-corrected chi connectivity index (χ3v) is 4.66. The Balaban J connectivity index is 1.77. The van der Waals surface area contributed by atoms with Gasteiger partial charge in [0.1, 0.15) is 11.0 Å². The third-order valence-electron chi connectivity index (χ3n) is 4.24. The fourth-order valence-corrected chi connectivity index (χ4v) is 3.09. The van der Waals surface area contributed by atoms with Crippen molar-refractivity contribution in [3.8, 4) is 0 Å². The van der Waals surface area contributed by atoms with Crippen LogP contribution in [0, 0.1) is 12.7 Å². The summed E-state index contributed by atoms with van der Waals surface area (Å²) in [6.45, 7) is 3.98. The van der Waals surface area contributed by atoms with E-state index in [-0.39, 0.29) is 12.4 Å². The minimum absolute atomic E-state index is 0.150. The topological polar surface area (TPSA) is 41.3 Å². The smallest absolute Gasteiger partial charge is 0.132 e. The van der Waals surface area contributed by atoms with Crippen molar-refractivity contribution < 1.29 is 9.50 Å². The Bertz CT molecular complexity index is 667. The summed E-state index contributed by atoms with van der Waals surface area (Å²) in [5, 5.41) is 14.4. The van der Waals surface area contributed by atoms with Crippen LogP contribution in [-0.2, 0) is 13.1 Å². The highest BCUT2D eigenvalue weighted by atomic mass is 35.5. The predicted molar refractivity (Wildman–Crippen MR) is 88.0 cm³/mol. The first-order chi connectivity index (χ1) is 11.1. The predicted octanol–water partition coefficient (Wildman–Crippen LogP) is 2.99. The molecule has 0 radical (unpaired) electrons. The number of benzene rings is 1. The SMILES string of the molecule is Cc1nn(Cc2ccc(F)cc2)c(Cl)c1CN(CCO)C1CC1. The van der Waals surface area contributed by atoms with Crippen molar-refractivity contribution in [1.29, 1.82) is 0 Å². The minimum atomic E-state index is -0.249. The van der Waals surface area contributed by atoms with E-state index in [0.717, 1.165) is 16.8 Å².